The first-order chi connectivity index (χ1) is 18.2. The standard InChI is InChI=1S/C31H22N4O2/c32-19-24-12-4-5-13-25(24)21-37-26-14-8-9-22(17-26)20-33-35-31(36)28-18-30(23-10-2-1-3-11-23)34-29-16-7-6-15-27(28)29/h1-18,20H,21H2,(H,35,36)/b33-20-. The van der Waals surface area contributed by atoms with Gasteiger partial charge in [0.25, 0.3) is 5.91 Å². The monoisotopic (exact) mass is 482 g/mol. The summed E-state index contributed by atoms with van der Waals surface area (Å²) < 4.78 is 5.87. The molecule has 6 nitrogen and oxygen atoms in total. The molecule has 0 saturated heterocycles. The predicted molar refractivity (Wildman–Crippen MR) is 144 cm³/mol. The number of nitrogens with one attached hydrogen (secondary N) is 1. The fraction of sp³-hybridized carbons (Fsp3) is 0.0323. The van der Waals surface area contributed by atoms with Crippen molar-refractivity contribution in [3.05, 3.63) is 131 Å². The number of ether oxygens (including phenoxy) is 1. The van der Waals surface area contributed by atoms with Crippen LogP contribution in [0.25, 0.3) is 22.2 Å². The van der Waals surface area contributed by atoms with E-state index < -0.39 is 0 Å². The molecule has 0 unspecified atom stereocenters. The number of fused-ring (bicyclic) bond motifs is 1. The van der Waals surface area contributed by atoms with Crippen LogP contribution in [0.4, 0.5) is 0 Å². The number of pyridine rings is 1. The largest absolute Gasteiger partial charge is 0.489 e. The molecule has 1 aromatic heterocycles. The highest BCUT2D eigenvalue weighted by atomic mass is 16.5. The smallest absolute Gasteiger partial charge is 0.272 e. The van der Waals surface area contributed by atoms with Crippen molar-refractivity contribution < 1.29 is 9.53 Å². The molecule has 0 aliphatic heterocycles. The van der Waals surface area contributed by atoms with Crippen LogP contribution < -0.4 is 10.2 Å². The summed E-state index contributed by atoms with van der Waals surface area (Å²) in [5.74, 6) is 0.309. The van der Waals surface area contributed by atoms with Gasteiger partial charge in [-0.15, -0.1) is 0 Å². The zero-order valence-electron chi connectivity index (χ0n) is 19.8. The van der Waals surface area contributed by atoms with Gasteiger partial charge in [0.05, 0.1) is 34.6 Å². The molecule has 0 radical (unpaired) electrons. The molecule has 0 fully saturated rings. The minimum atomic E-state index is -0.326. The Bertz CT molecular complexity index is 1640. The van der Waals surface area contributed by atoms with Gasteiger partial charge in [-0.1, -0.05) is 78.9 Å². The topological polar surface area (TPSA) is 87.4 Å². The van der Waals surface area contributed by atoms with E-state index in [9.17, 15) is 10.1 Å². The molecule has 6 heteroatoms. The zero-order chi connectivity index (χ0) is 25.5. The van der Waals surface area contributed by atoms with E-state index in [-0.39, 0.29) is 12.5 Å². The Hall–Kier alpha value is -5.28. The highest BCUT2D eigenvalue weighted by Gasteiger charge is 2.13. The van der Waals surface area contributed by atoms with Gasteiger partial charge in [0.2, 0.25) is 0 Å². The fourth-order valence-electron chi connectivity index (χ4n) is 3.95. The first-order valence-electron chi connectivity index (χ1n) is 11.7. The van der Waals surface area contributed by atoms with Gasteiger partial charge in [-0.25, -0.2) is 10.4 Å². The van der Waals surface area contributed by atoms with Crippen LogP contribution in [0.3, 0.4) is 0 Å². The summed E-state index contributed by atoms with van der Waals surface area (Å²) in [6.07, 6.45) is 1.56. The fourth-order valence-corrected chi connectivity index (χ4v) is 3.95. The van der Waals surface area contributed by atoms with E-state index in [1.165, 1.54) is 0 Å². The summed E-state index contributed by atoms with van der Waals surface area (Å²) in [7, 11) is 0. The quantitative estimate of drug-likeness (QED) is 0.224. The van der Waals surface area contributed by atoms with Crippen LogP contribution in [0.5, 0.6) is 5.75 Å². The van der Waals surface area contributed by atoms with Crippen molar-refractivity contribution in [1.29, 1.82) is 5.26 Å². The molecule has 4 aromatic carbocycles. The molecule has 5 rings (SSSR count). The Labute approximate surface area is 214 Å². The van der Waals surface area contributed by atoms with E-state index in [1.54, 1.807) is 18.3 Å². The van der Waals surface area contributed by atoms with E-state index in [2.05, 4.69) is 16.6 Å². The molecular formula is C31H22N4O2. The number of benzene rings is 4. The normalized spacial score (nSPS) is 10.8. The summed E-state index contributed by atoms with van der Waals surface area (Å²) in [6, 6.07) is 35.9. The summed E-state index contributed by atoms with van der Waals surface area (Å²) in [6.45, 7) is 0.278. The molecule has 0 aliphatic carbocycles. The maximum absolute atomic E-state index is 13.1. The second-order valence-corrected chi connectivity index (χ2v) is 8.27. The van der Waals surface area contributed by atoms with Gasteiger partial charge in [-0.05, 0) is 35.9 Å². The second-order valence-electron chi connectivity index (χ2n) is 8.27. The SMILES string of the molecule is N#Cc1ccccc1COc1cccc(/C=N\NC(=O)c2cc(-c3ccccc3)nc3ccccc23)c1. The number of hydrogen-bond acceptors (Lipinski definition) is 5. The van der Waals surface area contributed by atoms with Gasteiger partial charge in [0, 0.05) is 16.5 Å². The predicted octanol–water partition coefficient (Wildman–Crippen LogP) is 6.12. The lowest BCUT2D eigenvalue weighted by molar-refractivity contribution is 0.0956. The van der Waals surface area contributed by atoms with Crippen molar-refractivity contribution in [3.8, 4) is 23.1 Å². The summed E-state index contributed by atoms with van der Waals surface area (Å²) in [5.41, 5.74) is 7.68. The van der Waals surface area contributed by atoms with Crippen LogP contribution in [0.1, 0.15) is 27.0 Å². The van der Waals surface area contributed by atoms with Gasteiger partial charge in [0.1, 0.15) is 12.4 Å². The first-order valence-corrected chi connectivity index (χ1v) is 11.7. The summed E-state index contributed by atoms with van der Waals surface area (Å²) in [4.78, 5) is 17.8. The Morgan fingerprint density at radius 1 is 0.919 bits per heavy atom. The number of hydrazone groups is 1. The maximum Gasteiger partial charge on any atom is 0.272 e. The van der Waals surface area contributed by atoms with Crippen molar-refractivity contribution in [2.45, 2.75) is 6.61 Å². The molecular weight excluding hydrogens is 460 g/mol. The van der Waals surface area contributed by atoms with Crippen LogP contribution in [-0.4, -0.2) is 17.1 Å². The molecule has 5 aromatic rings. The number of rotatable bonds is 7. The second kappa shape index (κ2) is 11.0. The molecule has 178 valence electrons. The molecule has 0 aliphatic rings. The van der Waals surface area contributed by atoms with Crippen molar-refractivity contribution in [2.75, 3.05) is 0 Å². The Balaban J connectivity index is 1.31. The number of nitriles is 1. The third kappa shape index (κ3) is 5.53. The molecule has 0 atom stereocenters. The molecule has 0 saturated carbocycles. The zero-order valence-corrected chi connectivity index (χ0v) is 19.8. The molecule has 1 N–H and O–H groups in total. The Morgan fingerprint density at radius 3 is 2.57 bits per heavy atom. The van der Waals surface area contributed by atoms with Gasteiger partial charge in [-0.2, -0.15) is 10.4 Å². The lowest BCUT2D eigenvalue weighted by Crippen LogP contribution is -2.18. The number of aromatic nitrogens is 1. The van der Waals surface area contributed by atoms with E-state index in [1.807, 2.05) is 97.1 Å². The first kappa shape index (κ1) is 23.5. The van der Waals surface area contributed by atoms with E-state index in [0.29, 0.717) is 16.9 Å². The van der Waals surface area contributed by atoms with E-state index >= 15 is 0 Å². The third-order valence-corrected chi connectivity index (χ3v) is 5.80. The van der Waals surface area contributed by atoms with Crippen molar-refractivity contribution in [1.82, 2.24) is 10.4 Å². The molecule has 1 amide bonds. The number of nitrogens with zero attached hydrogens (tertiary/aromatic N) is 3. The number of amides is 1. The molecule has 0 bridgehead atoms. The van der Waals surface area contributed by atoms with Crippen molar-refractivity contribution in [3.63, 3.8) is 0 Å². The van der Waals surface area contributed by atoms with Gasteiger partial charge in [0.15, 0.2) is 0 Å². The summed E-state index contributed by atoms with van der Waals surface area (Å²) >= 11 is 0. The summed E-state index contributed by atoms with van der Waals surface area (Å²) in [5, 5.41) is 14.2. The molecule has 1 heterocycles. The lowest BCUT2D eigenvalue weighted by atomic mass is 10.0. The minimum Gasteiger partial charge on any atom is -0.489 e. The lowest BCUT2D eigenvalue weighted by Gasteiger charge is -2.09. The van der Waals surface area contributed by atoms with Crippen LogP contribution in [-0.2, 0) is 6.61 Å². The highest BCUT2D eigenvalue weighted by Crippen LogP contribution is 2.25. The Morgan fingerprint density at radius 2 is 1.70 bits per heavy atom. The van der Waals surface area contributed by atoms with Gasteiger partial charge >= 0.3 is 0 Å². The number of carbonyl (C=O) groups excluding carboxylic acids is 1. The van der Waals surface area contributed by atoms with E-state index in [0.717, 1.165) is 33.3 Å². The average molecular weight is 483 g/mol. The minimum absolute atomic E-state index is 0.278. The van der Waals surface area contributed by atoms with Gasteiger partial charge in [-0.3, -0.25) is 4.79 Å². The Kier molecular flexibility index (Phi) is 6.96. The maximum atomic E-state index is 13.1. The third-order valence-electron chi connectivity index (χ3n) is 5.80. The number of hydrogen-bond donors (Lipinski definition) is 1. The van der Waals surface area contributed by atoms with Crippen LogP contribution in [0.15, 0.2) is 114 Å². The molecule has 0 spiro atoms. The molecule has 37 heavy (non-hydrogen) atoms. The van der Waals surface area contributed by atoms with Crippen molar-refractivity contribution >= 4 is 23.0 Å². The van der Waals surface area contributed by atoms with Crippen LogP contribution >= 0.6 is 0 Å². The van der Waals surface area contributed by atoms with Crippen molar-refractivity contribution in [2.24, 2.45) is 5.10 Å². The number of carbonyl (C=O) groups is 1. The number of para-hydroxylation sites is 1. The van der Waals surface area contributed by atoms with Gasteiger partial charge < -0.3 is 4.74 Å². The van der Waals surface area contributed by atoms with Crippen LogP contribution in [0.2, 0.25) is 0 Å². The van der Waals surface area contributed by atoms with E-state index in [4.69, 9.17) is 9.72 Å². The van der Waals surface area contributed by atoms with Crippen LogP contribution in [0, 0.1) is 11.3 Å². The average Bonchev–Trinajstić information content (AvgIpc) is 2.96. The highest BCUT2D eigenvalue weighted by molar-refractivity contribution is 6.07.